The highest BCUT2D eigenvalue weighted by Crippen LogP contribution is 2.18. The first kappa shape index (κ1) is 14.0. The first-order valence-corrected chi connectivity index (χ1v) is 5.39. The molecular formula is C10H14N6OS. The largest absolute Gasteiger partial charge is 0.341 e. The lowest BCUT2D eigenvalue weighted by Crippen LogP contribution is -2.34. The predicted molar refractivity (Wildman–Crippen MR) is 77.2 cm³/mol. The molecule has 0 saturated carbocycles. The lowest BCUT2D eigenvalue weighted by atomic mass is 10.3. The zero-order chi connectivity index (χ0) is 13.5. The van der Waals surface area contributed by atoms with Crippen molar-refractivity contribution in [3.8, 4) is 0 Å². The van der Waals surface area contributed by atoms with Gasteiger partial charge in [-0.15, -0.1) is 17.7 Å². The van der Waals surface area contributed by atoms with E-state index in [1.54, 1.807) is 24.3 Å². The number of amides is 2. The van der Waals surface area contributed by atoms with Crippen molar-refractivity contribution in [1.29, 1.82) is 0 Å². The Morgan fingerprint density at radius 3 is 2.89 bits per heavy atom. The van der Waals surface area contributed by atoms with Crippen molar-refractivity contribution < 1.29 is 4.79 Å². The Morgan fingerprint density at radius 1 is 1.56 bits per heavy atom. The Bertz CT molecular complexity index is 475. The summed E-state index contributed by atoms with van der Waals surface area (Å²) in [4.78, 5) is 11.2. The molecule has 0 unspecified atom stereocenters. The minimum atomic E-state index is -0.316. The molecule has 0 aliphatic rings. The summed E-state index contributed by atoms with van der Waals surface area (Å²) in [5.41, 5.74) is 1.19. The summed E-state index contributed by atoms with van der Waals surface area (Å²) in [5.74, 6) is 5.77. The van der Waals surface area contributed by atoms with Crippen LogP contribution in [0.2, 0.25) is 0 Å². The van der Waals surface area contributed by atoms with Crippen molar-refractivity contribution in [1.82, 2.24) is 5.32 Å². The fraction of sp³-hybridized carbons (Fsp3) is 0.100. The third-order valence-corrected chi connectivity index (χ3v) is 2.29. The molecule has 1 aromatic rings. The number of carbonyl (C=O) groups is 1. The summed E-state index contributed by atoms with van der Waals surface area (Å²) in [6.45, 7) is 3.21. The molecule has 18 heavy (non-hydrogen) atoms. The normalized spacial score (nSPS) is 10.7. The number of hydrogen-bond donors (Lipinski definition) is 4. The third-order valence-electron chi connectivity index (χ3n) is 1.98. The van der Waals surface area contributed by atoms with E-state index < -0.39 is 0 Å². The maximum atomic E-state index is 11.2. The second kappa shape index (κ2) is 6.62. The fourth-order valence-electron chi connectivity index (χ4n) is 1.15. The van der Waals surface area contributed by atoms with E-state index in [1.165, 1.54) is 12.1 Å². The van der Waals surface area contributed by atoms with E-state index >= 15 is 0 Å². The molecule has 2 amide bonds. The van der Waals surface area contributed by atoms with Crippen LogP contribution >= 0.6 is 12.6 Å². The number of nitrogens with zero attached hydrogens (tertiary/aromatic N) is 3. The lowest BCUT2D eigenvalue weighted by molar-refractivity contribution is 0.254. The maximum Gasteiger partial charge on any atom is 0.318 e. The second-order valence-electron chi connectivity index (χ2n) is 3.17. The molecule has 1 rings (SSSR count). The summed E-state index contributed by atoms with van der Waals surface area (Å²) in [6.07, 6.45) is 0. The number of thiol groups is 1. The number of hydrogen-bond acceptors (Lipinski definition) is 4. The van der Waals surface area contributed by atoms with Crippen LogP contribution in [0.1, 0.15) is 0 Å². The zero-order valence-corrected chi connectivity index (χ0v) is 10.7. The average molecular weight is 266 g/mol. The Kier molecular flexibility index (Phi) is 5.15. The molecule has 1 aromatic carbocycles. The number of urea groups is 1. The first-order chi connectivity index (χ1) is 8.58. The van der Waals surface area contributed by atoms with Gasteiger partial charge in [-0.3, -0.25) is 5.01 Å². The zero-order valence-electron chi connectivity index (χ0n) is 9.79. The van der Waals surface area contributed by atoms with Crippen LogP contribution in [0.4, 0.5) is 16.2 Å². The second-order valence-corrected chi connectivity index (χ2v) is 3.57. The minimum absolute atomic E-state index is 0.182. The van der Waals surface area contributed by atoms with Crippen LogP contribution in [0.25, 0.3) is 0 Å². The molecule has 0 bridgehead atoms. The highest BCUT2D eigenvalue weighted by Gasteiger charge is 2.07. The predicted octanol–water partition coefficient (Wildman–Crippen LogP) is 1.02. The summed E-state index contributed by atoms with van der Waals surface area (Å²) in [5, 5.41) is 13.4. The van der Waals surface area contributed by atoms with Gasteiger partial charge < -0.3 is 10.6 Å². The molecule has 0 aliphatic carbocycles. The van der Waals surface area contributed by atoms with E-state index in [2.05, 4.69) is 40.2 Å². The maximum absolute atomic E-state index is 11.2. The van der Waals surface area contributed by atoms with Crippen molar-refractivity contribution in [3.05, 3.63) is 24.3 Å². The third kappa shape index (κ3) is 3.75. The van der Waals surface area contributed by atoms with E-state index in [0.29, 0.717) is 11.4 Å². The van der Waals surface area contributed by atoms with Gasteiger partial charge in [-0.25, -0.2) is 10.6 Å². The topological polar surface area (TPSA) is 95.1 Å². The van der Waals surface area contributed by atoms with Crippen LogP contribution in [-0.2, 0) is 0 Å². The standard InChI is InChI=1S/C10H14N6OS/c1-12-9(17)14-7-4-3-5-8(6-7)16(11)10(18)15-13-2/h3-6H,2,11H2,1H3,(H,15,18)(H2,12,14,17). The molecule has 0 fully saturated rings. The van der Waals surface area contributed by atoms with E-state index in [0.717, 1.165) is 0 Å². The lowest BCUT2D eigenvalue weighted by Gasteiger charge is -2.17. The number of carbonyl (C=O) groups excluding carboxylic acids is 1. The van der Waals surface area contributed by atoms with Gasteiger partial charge in [-0.2, -0.15) is 5.10 Å². The van der Waals surface area contributed by atoms with Gasteiger partial charge in [-0.05, 0) is 18.2 Å². The van der Waals surface area contributed by atoms with Crippen LogP contribution in [0.5, 0.6) is 0 Å². The smallest absolute Gasteiger partial charge is 0.318 e. The van der Waals surface area contributed by atoms with Gasteiger partial charge in [0, 0.05) is 19.5 Å². The molecule has 0 saturated heterocycles. The van der Waals surface area contributed by atoms with E-state index in [4.69, 9.17) is 5.84 Å². The van der Waals surface area contributed by atoms with Crippen molar-refractivity contribution in [2.24, 2.45) is 16.0 Å². The number of rotatable bonds is 3. The Balaban J connectivity index is 2.91. The highest BCUT2D eigenvalue weighted by atomic mass is 32.1. The van der Waals surface area contributed by atoms with Gasteiger partial charge >= 0.3 is 6.03 Å². The molecule has 0 radical (unpaired) electrons. The SMILES string of the molecule is C=N/N=C(/S)N(N)c1cccc(NC(=O)NC)c1. The molecule has 0 aliphatic heterocycles. The monoisotopic (exact) mass is 266 g/mol. The van der Waals surface area contributed by atoms with E-state index in [1.807, 2.05) is 0 Å². The quantitative estimate of drug-likeness (QED) is 0.216. The van der Waals surface area contributed by atoms with Gasteiger partial charge in [0.2, 0.25) is 5.17 Å². The first-order valence-electron chi connectivity index (χ1n) is 4.94. The molecule has 96 valence electrons. The molecule has 0 spiro atoms. The van der Waals surface area contributed by atoms with Crippen LogP contribution in [0.15, 0.2) is 34.5 Å². The number of amidine groups is 1. The number of hydrazine groups is 1. The number of nitrogens with two attached hydrogens (primary N) is 1. The van der Waals surface area contributed by atoms with Crippen LogP contribution in [-0.4, -0.2) is 25.0 Å². The van der Waals surface area contributed by atoms with Gasteiger partial charge in [0.05, 0.1) is 5.69 Å². The fourth-order valence-corrected chi connectivity index (χ4v) is 1.33. The number of nitrogens with one attached hydrogen (secondary N) is 2. The summed E-state index contributed by atoms with van der Waals surface area (Å²) >= 11 is 4.06. The Morgan fingerprint density at radius 2 is 2.28 bits per heavy atom. The van der Waals surface area contributed by atoms with Gasteiger partial charge in [-0.1, -0.05) is 6.07 Å². The minimum Gasteiger partial charge on any atom is -0.341 e. The van der Waals surface area contributed by atoms with Crippen LogP contribution in [0, 0.1) is 0 Å². The number of benzene rings is 1. The van der Waals surface area contributed by atoms with Crippen molar-refractivity contribution in [3.63, 3.8) is 0 Å². The number of anilines is 2. The van der Waals surface area contributed by atoms with Gasteiger partial charge in [0.25, 0.3) is 0 Å². The van der Waals surface area contributed by atoms with E-state index in [9.17, 15) is 4.79 Å². The molecule has 8 heteroatoms. The molecule has 0 heterocycles. The molecular weight excluding hydrogens is 252 g/mol. The molecule has 0 atom stereocenters. The van der Waals surface area contributed by atoms with Crippen molar-refractivity contribution in [2.45, 2.75) is 0 Å². The average Bonchev–Trinajstić information content (AvgIpc) is 2.38. The van der Waals surface area contributed by atoms with Crippen LogP contribution < -0.4 is 21.5 Å². The van der Waals surface area contributed by atoms with Crippen LogP contribution in [0.3, 0.4) is 0 Å². The Hall–Kier alpha value is -2.06. The molecule has 0 aromatic heterocycles. The summed E-state index contributed by atoms with van der Waals surface area (Å²) in [7, 11) is 1.53. The van der Waals surface area contributed by atoms with Gasteiger partial charge in [0.15, 0.2) is 0 Å². The van der Waals surface area contributed by atoms with Crippen molar-refractivity contribution >= 4 is 41.9 Å². The summed E-state index contributed by atoms with van der Waals surface area (Å²) in [6, 6.07) is 6.56. The summed E-state index contributed by atoms with van der Waals surface area (Å²) < 4.78 is 0. The highest BCUT2D eigenvalue weighted by molar-refractivity contribution is 7.97. The van der Waals surface area contributed by atoms with Crippen molar-refractivity contribution in [2.75, 3.05) is 17.4 Å². The molecule has 7 nitrogen and oxygen atoms in total. The molecule has 4 N–H and O–H groups in total. The van der Waals surface area contributed by atoms with E-state index in [-0.39, 0.29) is 11.2 Å². The Labute approximate surface area is 110 Å². The van der Waals surface area contributed by atoms with Gasteiger partial charge in [0.1, 0.15) is 0 Å².